The molecule has 0 bridgehead atoms. The molecule has 0 unspecified atom stereocenters. The van der Waals surface area contributed by atoms with E-state index < -0.39 is 0 Å². The number of rotatable bonds is 4. The molecule has 128 valence electrons. The Bertz CT molecular complexity index is 784. The average molecular weight is 338 g/mol. The van der Waals surface area contributed by atoms with Gasteiger partial charge in [-0.25, -0.2) is 0 Å². The molecule has 1 aliphatic rings. The normalized spacial score (nSPS) is 14.7. The molecule has 1 amide bonds. The lowest BCUT2D eigenvalue weighted by atomic mass is 10.2. The number of aromatic nitrogens is 1. The molecule has 2 aromatic rings. The van der Waals surface area contributed by atoms with Crippen LogP contribution in [0, 0.1) is 10.1 Å². The number of para-hydroxylation sites is 2. The highest BCUT2D eigenvalue weighted by Crippen LogP contribution is 2.28. The third kappa shape index (κ3) is 4.00. The first-order chi connectivity index (χ1) is 12.1. The molecule has 0 atom stereocenters. The number of nitro groups is 1. The van der Waals surface area contributed by atoms with Gasteiger partial charge in [-0.3, -0.25) is 19.9 Å². The fraction of sp³-hybridized carbons (Fsp3) is 0.222. The molecule has 0 aliphatic carbocycles. The molecule has 1 aromatic heterocycles. The van der Waals surface area contributed by atoms with Crippen LogP contribution in [-0.4, -0.2) is 46.9 Å². The number of nitrogens with zero attached hydrogens (tertiary/aromatic N) is 4. The largest absolute Gasteiger partial charge is 0.362 e. The zero-order chi connectivity index (χ0) is 17.6. The van der Waals surface area contributed by atoms with Gasteiger partial charge in [0.2, 0.25) is 5.91 Å². The second-order valence-electron chi connectivity index (χ2n) is 5.67. The quantitative estimate of drug-likeness (QED) is 0.486. The molecular weight excluding hydrogens is 320 g/mol. The second-order valence-corrected chi connectivity index (χ2v) is 5.67. The van der Waals surface area contributed by atoms with Crippen molar-refractivity contribution in [1.29, 1.82) is 0 Å². The Morgan fingerprint density at radius 2 is 1.76 bits per heavy atom. The van der Waals surface area contributed by atoms with Crippen molar-refractivity contribution < 1.29 is 9.72 Å². The summed E-state index contributed by atoms with van der Waals surface area (Å²) in [5, 5.41) is 11.2. The van der Waals surface area contributed by atoms with Gasteiger partial charge in [-0.1, -0.05) is 12.1 Å². The standard InChI is InChI=1S/C18H18N4O3/c23-18(6-5-15-7-9-19-10-8-15)21-13-11-20(12-14-21)16-3-1-2-4-17(16)22(24)25/h1-10H,11-14H2/b6-5+. The summed E-state index contributed by atoms with van der Waals surface area (Å²) in [7, 11) is 0. The first-order valence-electron chi connectivity index (χ1n) is 8.00. The van der Waals surface area contributed by atoms with Crippen LogP contribution in [0.2, 0.25) is 0 Å². The van der Waals surface area contributed by atoms with E-state index in [-0.39, 0.29) is 16.5 Å². The van der Waals surface area contributed by atoms with Crippen LogP contribution in [-0.2, 0) is 4.79 Å². The molecule has 3 rings (SSSR count). The molecule has 0 N–H and O–H groups in total. The van der Waals surface area contributed by atoms with Crippen LogP contribution in [0.1, 0.15) is 5.56 Å². The minimum Gasteiger partial charge on any atom is -0.362 e. The lowest BCUT2D eigenvalue weighted by molar-refractivity contribution is -0.384. The van der Waals surface area contributed by atoms with Crippen molar-refractivity contribution in [3.05, 3.63) is 70.5 Å². The zero-order valence-electron chi connectivity index (χ0n) is 13.6. The van der Waals surface area contributed by atoms with Gasteiger partial charge < -0.3 is 9.80 Å². The van der Waals surface area contributed by atoms with E-state index in [4.69, 9.17) is 0 Å². The minimum atomic E-state index is -0.371. The Hall–Kier alpha value is -3.22. The molecule has 2 heterocycles. The van der Waals surface area contributed by atoms with E-state index in [0.29, 0.717) is 31.9 Å². The summed E-state index contributed by atoms with van der Waals surface area (Å²) in [4.78, 5) is 30.7. The number of carbonyl (C=O) groups is 1. The van der Waals surface area contributed by atoms with E-state index in [9.17, 15) is 14.9 Å². The fourth-order valence-electron chi connectivity index (χ4n) is 2.80. The summed E-state index contributed by atoms with van der Waals surface area (Å²) in [6.07, 6.45) is 6.67. The molecular formula is C18H18N4O3. The summed E-state index contributed by atoms with van der Waals surface area (Å²) >= 11 is 0. The van der Waals surface area contributed by atoms with Crippen molar-refractivity contribution in [3.63, 3.8) is 0 Å². The number of carbonyl (C=O) groups excluding carboxylic acids is 1. The maximum Gasteiger partial charge on any atom is 0.292 e. The average Bonchev–Trinajstić information content (AvgIpc) is 2.67. The van der Waals surface area contributed by atoms with Crippen LogP contribution < -0.4 is 4.90 Å². The molecule has 7 nitrogen and oxygen atoms in total. The summed E-state index contributed by atoms with van der Waals surface area (Å²) in [6, 6.07) is 10.4. The molecule has 0 saturated carbocycles. The number of hydrogen-bond donors (Lipinski definition) is 0. The van der Waals surface area contributed by atoms with Gasteiger partial charge in [0.05, 0.1) is 4.92 Å². The number of pyridine rings is 1. The van der Waals surface area contributed by atoms with Gasteiger partial charge >= 0.3 is 0 Å². The second kappa shape index (κ2) is 7.57. The fourth-order valence-corrected chi connectivity index (χ4v) is 2.80. The Morgan fingerprint density at radius 1 is 1.08 bits per heavy atom. The Labute approximate surface area is 145 Å². The highest BCUT2D eigenvalue weighted by atomic mass is 16.6. The predicted molar refractivity (Wildman–Crippen MR) is 95.2 cm³/mol. The van der Waals surface area contributed by atoms with Crippen molar-refractivity contribution in [2.24, 2.45) is 0 Å². The molecule has 1 fully saturated rings. The smallest absolute Gasteiger partial charge is 0.292 e. The lowest BCUT2D eigenvalue weighted by Crippen LogP contribution is -2.48. The van der Waals surface area contributed by atoms with Crippen LogP contribution in [0.3, 0.4) is 0 Å². The number of benzene rings is 1. The van der Waals surface area contributed by atoms with E-state index in [0.717, 1.165) is 5.56 Å². The van der Waals surface area contributed by atoms with Crippen LogP contribution >= 0.6 is 0 Å². The maximum atomic E-state index is 12.3. The van der Waals surface area contributed by atoms with E-state index in [1.807, 2.05) is 17.0 Å². The van der Waals surface area contributed by atoms with Crippen molar-refractivity contribution in [3.8, 4) is 0 Å². The van der Waals surface area contributed by atoms with Gasteiger partial charge in [0.1, 0.15) is 5.69 Å². The lowest BCUT2D eigenvalue weighted by Gasteiger charge is -2.35. The van der Waals surface area contributed by atoms with E-state index in [1.165, 1.54) is 6.07 Å². The van der Waals surface area contributed by atoms with E-state index in [1.54, 1.807) is 47.6 Å². The SMILES string of the molecule is O=C(/C=C/c1ccncc1)N1CCN(c2ccccc2[N+](=O)[O-])CC1. The number of hydrogen-bond acceptors (Lipinski definition) is 5. The number of nitro benzene ring substituents is 1. The van der Waals surface area contributed by atoms with Crippen LogP contribution in [0.25, 0.3) is 6.08 Å². The van der Waals surface area contributed by atoms with Gasteiger partial charge in [0, 0.05) is 50.7 Å². The van der Waals surface area contributed by atoms with Crippen LogP contribution in [0.15, 0.2) is 54.9 Å². The van der Waals surface area contributed by atoms with Crippen molar-refractivity contribution in [1.82, 2.24) is 9.88 Å². The maximum absolute atomic E-state index is 12.3. The summed E-state index contributed by atoms with van der Waals surface area (Å²) in [6.45, 7) is 2.20. The molecule has 1 aromatic carbocycles. The predicted octanol–water partition coefficient (Wildman–Crippen LogP) is 2.35. The van der Waals surface area contributed by atoms with Gasteiger partial charge in [0.25, 0.3) is 5.69 Å². The Morgan fingerprint density at radius 3 is 2.44 bits per heavy atom. The molecule has 7 heteroatoms. The van der Waals surface area contributed by atoms with Crippen LogP contribution in [0.5, 0.6) is 0 Å². The Balaban J connectivity index is 1.61. The monoisotopic (exact) mass is 338 g/mol. The van der Waals surface area contributed by atoms with E-state index in [2.05, 4.69) is 4.98 Å². The number of amides is 1. The summed E-state index contributed by atoms with van der Waals surface area (Å²) in [5.41, 5.74) is 1.62. The molecule has 0 spiro atoms. The van der Waals surface area contributed by atoms with Gasteiger partial charge in [-0.15, -0.1) is 0 Å². The Kier molecular flexibility index (Phi) is 5.03. The molecule has 1 aliphatic heterocycles. The summed E-state index contributed by atoms with van der Waals surface area (Å²) in [5.74, 6) is -0.0565. The number of piperazine rings is 1. The molecule has 1 saturated heterocycles. The third-order valence-corrected chi connectivity index (χ3v) is 4.13. The van der Waals surface area contributed by atoms with Gasteiger partial charge in [-0.2, -0.15) is 0 Å². The first kappa shape index (κ1) is 16.6. The molecule has 25 heavy (non-hydrogen) atoms. The van der Waals surface area contributed by atoms with Crippen molar-refractivity contribution in [2.75, 3.05) is 31.1 Å². The molecule has 0 radical (unpaired) electrons. The van der Waals surface area contributed by atoms with Crippen molar-refractivity contribution >= 4 is 23.4 Å². The highest BCUT2D eigenvalue weighted by molar-refractivity contribution is 5.92. The number of anilines is 1. The zero-order valence-corrected chi connectivity index (χ0v) is 13.6. The first-order valence-corrected chi connectivity index (χ1v) is 8.00. The third-order valence-electron chi connectivity index (χ3n) is 4.13. The van der Waals surface area contributed by atoms with Crippen molar-refractivity contribution in [2.45, 2.75) is 0 Å². The topological polar surface area (TPSA) is 79.6 Å². The highest BCUT2D eigenvalue weighted by Gasteiger charge is 2.24. The van der Waals surface area contributed by atoms with Gasteiger partial charge in [-0.05, 0) is 29.8 Å². The van der Waals surface area contributed by atoms with Gasteiger partial charge in [0.15, 0.2) is 0 Å². The summed E-state index contributed by atoms with van der Waals surface area (Å²) < 4.78 is 0. The van der Waals surface area contributed by atoms with E-state index >= 15 is 0 Å². The van der Waals surface area contributed by atoms with Crippen LogP contribution in [0.4, 0.5) is 11.4 Å². The minimum absolute atomic E-state index is 0.0565.